The van der Waals surface area contributed by atoms with Gasteiger partial charge in [0.2, 0.25) is 5.91 Å². The molecule has 0 atom stereocenters. The van der Waals surface area contributed by atoms with Crippen molar-refractivity contribution in [1.82, 2.24) is 4.90 Å². The summed E-state index contributed by atoms with van der Waals surface area (Å²) < 4.78 is 24.2. The number of nitrogens with zero attached hydrogens (tertiary/aromatic N) is 3. The number of amides is 1. The van der Waals surface area contributed by atoms with Gasteiger partial charge < -0.3 is 4.90 Å². The Bertz CT molecular complexity index is 654. The van der Waals surface area contributed by atoms with Crippen molar-refractivity contribution in [3.8, 4) is 12.1 Å². The summed E-state index contributed by atoms with van der Waals surface area (Å²) in [6.07, 6.45) is 0.152. The Balaban J connectivity index is 2.66. The minimum absolute atomic E-state index is 0.155. The van der Waals surface area contributed by atoms with Gasteiger partial charge in [0.15, 0.2) is 9.84 Å². The van der Waals surface area contributed by atoms with E-state index in [0.29, 0.717) is 0 Å². The Morgan fingerprint density at radius 1 is 1.05 bits per heavy atom. The molecule has 7 heteroatoms. The second-order valence-electron chi connectivity index (χ2n) is 4.58. The topological polar surface area (TPSA) is 102 Å². The lowest BCUT2D eigenvalue weighted by Crippen LogP contribution is -2.33. The normalized spacial score (nSPS) is 10.5. The molecule has 0 heterocycles. The first kappa shape index (κ1) is 17.7. The second-order valence-corrected chi connectivity index (χ2v) is 6.69. The van der Waals surface area contributed by atoms with Gasteiger partial charge >= 0.3 is 0 Å². The summed E-state index contributed by atoms with van der Waals surface area (Å²) in [5.74, 6) is -0.643. The summed E-state index contributed by atoms with van der Waals surface area (Å²) in [6.45, 7) is 0.421. The fraction of sp³-hybridized carbons (Fsp3) is 0.400. The van der Waals surface area contributed by atoms with Gasteiger partial charge in [0.05, 0.1) is 35.6 Å². The van der Waals surface area contributed by atoms with Crippen LogP contribution >= 0.6 is 0 Å². The number of sulfone groups is 1. The van der Waals surface area contributed by atoms with Crippen LogP contribution in [-0.2, 0) is 14.6 Å². The van der Waals surface area contributed by atoms with Gasteiger partial charge in [-0.05, 0) is 12.1 Å². The zero-order valence-corrected chi connectivity index (χ0v) is 12.9. The van der Waals surface area contributed by atoms with Gasteiger partial charge in [-0.25, -0.2) is 8.42 Å². The van der Waals surface area contributed by atoms with Crippen LogP contribution in [0.2, 0.25) is 0 Å². The van der Waals surface area contributed by atoms with Gasteiger partial charge in [0.1, 0.15) is 0 Å². The van der Waals surface area contributed by atoms with Crippen molar-refractivity contribution in [3.63, 3.8) is 0 Å². The maximum Gasteiger partial charge on any atom is 0.223 e. The average molecular weight is 319 g/mol. The third-order valence-corrected chi connectivity index (χ3v) is 4.76. The molecular weight excluding hydrogens is 302 g/mol. The van der Waals surface area contributed by atoms with Crippen LogP contribution in [0.5, 0.6) is 0 Å². The molecule has 1 aromatic rings. The highest BCUT2D eigenvalue weighted by Crippen LogP contribution is 2.12. The summed E-state index contributed by atoms with van der Waals surface area (Å²) in [5.41, 5.74) is 0. The zero-order chi connectivity index (χ0) is 16.4. The molecule has 1 aromatic carbocycles. The molecule has 0 aliphatic heterocycles. The fourth-order valence-electron chi connectivity index (χ4n) is 1.86. The SMILES string of the molecule is N#CCCN(CCC#N)C(=O)CCS(=O)(=O)c1ccccc1. The van der Waals surface area contributed by atoms with E-state index >= 15 is 0 Å². The van der Waals surface area contributed by atoms with E-state index in [9.17, 15) is 13.2 Å². The number of hydrogen-bond donors (Lipinski definition) is 0. The maximum atomic E-state index is 12.1. The van der Waals surface area contributed by atoms with Gasteiger partial charge in [-0.3, -0.25) is 4.79 Å². The number of benzene rings is 1. The molecular formula is C15H17N3O3S. The van der Waals surface area contributed by atoms with Crippen LogP contribution in [0, 0.1) is 22.7 Å². The van der Waals surface area contributed by atoms with Crippen LogP contribution in [0.1, 0.15) is 19.3 Å². The Kier molecular flexibility index (Phi) is 7.07. The van der Waals surface area contributed by atoms with Crippen molar-refractivity contribution in [3.05, 3.63) is 30.3 Å². The lowest BCUT2D eigenvalue weighted by atomic mass is 10.3. The van der Waals surface area contributed by atoms with Crippen LogP contribution in [0.25, 0.3) is 0 Å². The average Bonchev–Trinajstić information content (AvgIpc) is 2.54. The molecule has 116 valence electrons. The number of hydrogen-bond acceptors (Lipinski definition) is 5. The standard InChI is InChI=1S/C15H17N3O3S/c16-9-4-11-18(12-5-10-17)15(19)8-13-22(20,21)14-6-2-1-3-7-14/h1-3,6-7H,4-5,8,11-13H2. The third-order valence-electron chi connectivity index (χ3n) is 3.03. The number of rotatable bonds is 8. The van der Waals surface area contributed by atoms with Crippen molar-refractivity contribution in [1.29, 1.82) is 10.5 Å². The van der Waals surface area contributed by atoms with E-state index in [1.165, 1.54) is 17.0 Å². The monoisotopic (exact) mass is 319 g/mol. The zero-order valence-electron chi connectivity index (χ0n) is 12.1. The summed E-state index contributed by atoms with van der Waals surface area (Å²) in [5, 5.41) is 17.2. The molecule has 0 fully saturated rings. The van der Waals surface area contributed by atoms with Crippen molar-refractivity contribution in [2.24, 2.45) is 0 Å². The molecule has 0 saturated carbocycles. The summed E-state index contributed by atoms with van der Waals surface area (Å²) in [4.78, 5) is 13.6. The van der Waals surface area contributed by atoms with E-state index in [-0.39, 0.29) is 48.9 Å². The van der Waals surface area contributed by atoms with Crippen LogP contribution < -0.4 is 0 Å². The van der Waals surface area contributed by atoms with E-state index in [0.717, 1.165) is 0 Å². The van der Waals surface area contributed by atoms with Crippen LogP contribution in [0.3, 0.4) is 0 Å². The lowest BCUT2D eigenvalue weighted by Gasteiger charge is -2.20. The fourth-order valence-corrected chi connectivity index (χ4v) is 3.11. The highest BCUT2D eigenvalue weighted by Gasteiger charge is 2.19. The summed E-state index contributed by atoms with van der Waals surface area (Å²) in [6, 6.07) is 11.8. The van der Waals surface area contributed by atoms with E-state index < -0.39 is 9.84 Å². The molecule has 0 radical (unpaired) electrons. The van der Waals surface area contributed by atoms with E-state index in [2.05, 4.69) is 0 Å². The summed E-state index contributed by atoms with van der Waals surface area (Å²) in [7, 11) is -3.51. The van der Waals surface area contributed by atoms with Crippen molar-refractivity contribution in [2.45, 2.75) is 24.2 Å². The first-order valence-electron chi connectivity index (χ1n) is 6.80. The molecule has 1 rings (SSSR count). The van der Waals surface area contributed by atoms with Gasteiger partial charge in [-0.1, -0.05) is 18.2 Å². The molecule has 0 unspecified atom stereocenters. The Labute approximate surface area is 130 Å². The van der Waals surface area contributed by atoms with E-state index in [4.69, 9.17) is 10.5 Å². The van der Waals surface area contributed by atoms with Crippen molar-refractivity contribution >= 4 is 15.7 Å². The molecule has 0 aromatic heterocycles. The number of carbonyl (C=O) groups is 1. The highest BCUT2D eigenvalue weighted by atomic mass is 32.2. The number of nitriles is 2. The van der Waals surface area contributed by atoms with E-state index in [1.54, 1.807) is 18.2 Å². The largest absolute Gasteiger partial charge is 0.341 e. The maximum absolute atomic E-state index is 12.1. The van der Waals surface area contributed by atoms with Crippen molar-refractivity contribution in [2.75, 3.05) is 18.8 Å². The second kappa shape index (κ2) is 8.81. The van der Waals surface area contributed by atoms with Gasteiger partial charge in [0, 0.05) is 19.5 Å². The Morgan fingerprint density at radius 3 is 2.09 bits per heavy atom. The molecule has 0 N–H and O–H groups in total. The highest BCUT2D eigenvalue weighted by molar-refractivity contribution is 7.91. The lowest BCUT2D eigenvalue weighted by molar-refractivity contribution is -0.130. The van der Waals surface area contributed by atoms with Crippen LogP contribution in [0.4, 0.5) is 0 Å². The smallest absolute Gasteiger partial charge is 0.223 e. The van der Waals surface area contributed by atoms with Crippen LogP contribution in [-0.4, -0.2) is 38.1 Å². The van der Waals surface area contributed by atoms with Crippen LogP contribution in [0.15, 0.2) is 35.2 Å². The Hall–Kier alpha value is -2.38. The molecule has 6 nitrogen and oxygen atoms in total. The van der Waals surface area contributed by atoms with Gasteiger partial charge in [-0.15, -0.1) is 0 Å². The Morgan fingerprint density at radius 2 is 1.59 bits per heavy atom. The summed E-state index contributed by atoms with van der Waals surface area (Å²) >= 11 is 0. The van der Waals surface area contributed by atoms with Gasteiger partial charge in [-0.2, -0.15) is 10.5 Å². The number of carbonyl (C=O) groups excluding carboxylic acids is 1. The molecule has 0 spiro atoms. The van der Waals surface area contributed by atoms with Crippen molar-refractivity contribution < 1.29 is 13.2 Å². The quantitative estimate of drug-likeness (QED) is 0.722. The first-order valence-corrected chi connectivity index (χ1v) is 8.46. The predicted molar refractivity (Wildman–Crippen MR) is 80.2 cm³/mol. The third kappa shape index (κ3) is 5.55. The molecule has 0 aliphatic rings. The first-order chi connectivity index (χ1) is 10.5. The molecule has 0 saturated heterocycles. The molecule has 1 amide bonds. The minimum atomic E-state index is -3.51. The van der Waals surface area contributed by atoms with Gasteiger partial charge in [0.25, 0.3) is 0 Å². The minimum Gasteiger partial charge on any atom is -0.341 e. The molecule has 0 bridgehead atoms. The van der Waals surface area contributed by atoms with E-state index in [1.807, 2.05) is 12.1 Å². The molecule has 22 heavy (non-hydrogen) atoms. The predicted octanol–water partition coefficient (Wildman–Crippen LogP) is 1.51. The molecule has 0 aliphatic carbocycles.